The van der Waals surface area contributed by atoms with E-state index in [1.165, 1.54) is 4.88 Å². The van der Waals surface area contributed by atoms with Gasteiger partial charge in [-0.05, 0) is 25.6 Å². The first-order valence-electron chi connectivity index (χ1n) is 4.89. The van der Waals surface area contributed by atoms with E-state index >= 15 is 0 Å². The minimum absolute atomic E-state index is 0.645. The van der Waals surface area contributed by atoms with Gasteiger partial charge in [0, 0.05) is 17.5 Å². The molecule has 0 fully saturated rings. The highest BCUT2D eigenvalue weighted by Gasteiger charge is 2.08. The monoisotopic (exact) mass is 219 g/mol. The number of hydrogen-bond donors (Lipinski definition) is 1. The van der Waals surface area contributed by atoms with Crippen LogP contribution in [-0.2, 0) is 6.42 Å². The smallest absolute Gasteiger partial charge is 0.142 e. The summed E-state index contributed by atoms with van der Waals surface area (Å²) in [5.41, 5.74) is 7.57. The maximum Gasteiger partial charge on any atom is 0.142 e. The van der Waals surface area contributed by atoms with Crippen molar-refractivity contribution in [2.45, 2.75) is 13.3 Å². The van der Waals surface area contributed by atoms with E-state index in [2.05, 4.69) is 16.9 Å². The summed E-state index contributed by atoms with van der Waals surface area (Å²) in [5, 5.41) is 0.983. The van der Waals surface area contributed by atoms with Crippen molar-refractivity contribution in [1.29, 1.82) is 0 Å². The van der Waals surface area contributed by atoms with Gasteiger partial charge in [0.05, 0.1) is 11.4 Å². The molecule has 0 aliphatic rings. The summed E-state index contributed by atoms with van der Waals surface area (Å²) >= 11 is 1.68. The van der Waals surface area contributed by atoms with Crippen LogP contribution in [0.15, 0.2) is 24.4 Å². The molecular weight excluding hydrogens is 206 g/mol. The predicted molar refractivity (Wildman–Crippen MR) is 62.8 cm³/mol. The predicted octanol–water partition coefficient (Wildman–Crippen LogP) is 2.01. The summed E-state index contributed by atoms with van der Waals surface area (Å²) < 4.78 is 0. The van der Waals surface area contributed by atoms with Gasteiger partial charge in [-0.25, -0.2) is 4.98 Å². The number of rotatable bonds is 3. The Kier molecular flexibility index (Phi) is 3.08. The van der Waals surface area contributed by atoms with E-state index in [9.17, 15) is 0 Å². The second-order valence-corrected chi connectivity index (χ2v) is 4.48. The molecular formula is C11H13N3S. The molecule has 0 unspecified atom stereocenters. The van der Waals surface area contributed by atoms with Crippen molar-refractivity contribution in [3.05, 3.63) is 35.0 Å². The fourth-order valence-electron chi connectivity index (χ4n) is 1.40. The molecule has 2 aromatic rings. The largest absolute Gasteiger partial charge is 0.330 e. The molecule has 0 aliphatic heterocycles. The molecule has 78 valence electrons. The second kappa shape index (κ2) is 4.51. The highest BCUT2D eigenvalue weighted by atomic mass is 32.1. The molecule has 0 atom stereocenters. The van der Waals surface area contributed by atoms with E-state index in [0.29, 0.717) is 6.54 Å². The summed E-state index contributed by atoms with van der Waals surface area (Å²) in [6, 6.07) is 5.86. The van der Waals surface area contributed by atoms with Crippen LogP contribution in [0.1, 0.15) is 10.6 Å². The van der Waals surface area contributed by atoms with Crippen LogP contribution >= 0.6 is 11.3 Å². The molecule has 0 aliphatic carbocycles. The molecule has 2 rings (SSSR count). The normalized spacial score (nSPS) is 10.5. The highest BCUT2D eigenvalue weighted by molar-refractivity contribution is 7.15. The number of nitrogens with zero attached hydrogens (tertiary/aromatic N) is 2. The van der Waals surface area contributed by atoms with Gasteiger partial charge in [-0.2, -0.15) is 0 Å². The Labute approximate surface area is 93.0 Å². The molecule has 0 saturated carbocycles. The third-order valence-electron chi connectivity index (χ3n) is 2.16. The number of aryl methyl sites for hydroxylation is 1. The third kappa shape index (κ3) is 2.22. The number of nitrogens with two attached hydrogens (primary N) is 1. The van der Waals surface area contributed by atoms with E-state index in [-0.39, 0.29) is 0 Å². The molecule has 2 heterocycles. The average Bonchev–Trinajstić information content (AvgIpc) is 2.63. The summed E-state index contributed by atoms with van der Waals surface area (Å²) in [5.74, 6) is 0. The van der Waals surface area contributed by atoms with E-state index < -0.39 is 0 Å². The molecule has 0 saturated heterocycles. The van der Waals surface area contributed by atoms with Crippen LogP contribution in [0.4, 0.5) is 0 Å². The van der Waals surface area contributed by atoms with Crippen LogP contribution < -0.4 is 5.73 Å². The van der Waals surface area contributed by atoms with Crippen LogP contribution in [0.3, 0.4) is 0 Å². The van der Waals surface area contributed by atoms with E-state index in [1.807, 2.05) is 18.2 Å². The van der Waals surface area contributed by atoms with Gasteiger partial charge in [0.1, 0.15) is 5.01 Å². The Morgan fingerprint density at radius 2 is 2.27 bits per heavy atom. The molecule has 15 heavy (non-hydrogen) atoms. The Balaban J connectivity index is 2.34. The second-order valence-electron chi connectivity index (χ2n) is 3.28. The Hall–Kier alpha value is -1.26. The van der Waals surface area contributed by atoms with Crippen molar-refractivity contribution in [2.75, 3.05) is 6.54 Å². The van der Waals surface area contributed by atoms with Gasteiger partial charge in [-0.15, -0.1) is 11.3 Å². The fourth-order valence-corrected chi connectivity index (χ4v) is 2.33. The zero-order valence-corrected chi connectivity index (χ0v) is 9.42. The van der Waals surface area contributed by atoms with E-state index in [0.717, 1.165) is 22.8 Å². The van der Waals surface area contributed by atoms with Gasteiger partial charge in [0.25, 0.3) is 0 Å². The van der Waals surface area contributed by atoms with Crippen LogP contribution in [0.25, 0.3) is 10.7 Å². The van der Waals surface area contributed by atoms with E-state index in [4.69, 9.17) is 5.73 Å². The average molecular weight is 219 g/mol. The summed E-state index contributed by atoms with van der Waals surface area (Å²) in [6.45, 7) is 2.72. The minimum Gasteiger partial charge on any atom is -0.330 e. The van der Waals surface area contributed by atoms with Crippen molar-refractivity contribution >= 4 is 11.3 Å². The highest BCUT2D eigenvalue weighted by Crippen LogP contribution is 2.25. The van der Waals surface area contributed by atoms with Crippen molar-refractivity contribution in [2.24, 2.45) is 5.73 Å². The fraction of sp³-hybridized carbons (Fsp3) is 0.273. The molecule has 4 heteroatoms. The molecule has 0 aromatic carbocycles. The zero-order chi connectivity index (χ0) is 10.7. The lowest BCUT2D eigenvalue weighted by Gasteiger charge is -1.93. The van der Waals surface area contributed by atoms with Gasteiger partial charge >= 0.3 is 0 Å². The number of thiazole rings is 1. The first-order valence-corrected chi connectivity index (χ1v) is 5.70. The number of hydrogen-bond acceptors (Lipinski definition) is 4. The van der Waals surface area contributed by atoms with Crippen LogP contribution in [0.5, 0.6) is 0 Å². The molecule has 0 spiro atoms. The summed E-state index contributed by atoms with van der Waals surface area (Å²) in [4.78, 5) is 10.1. The van der Waals surface area contributed by atoms with Crippen LogP contribution in [0, 0.1) is 6.92 Å². The number of aromatic nitrogens is 2. The molecule has 3 nitrogen and oxygen atoms in total. The maximum atomic E-state index is 5.53. The Morgan fingerprint density at radius 3 is 2.93 bits per heavy atom. The van der Waals surface area contributed by atoms with Gasteiger partial charge in [-0.3, -0.25) is 4.98 Å². The van der Waals surface area contributed by atoms with E-state index in [1.54, 1.807) is 17.5 Å². The molecule has 2 N–H and O–H groups in total. The van der Waals surface area contributed by atoms with Crippen molar-refractivity contribution < 1.29 is 0 Å². The molecule has 0 bridgehead atoms. The molecule has 0 radical (unpaired) electrons. The van der Waals surface area contributed by atoms with Gasteiger partial charge in [0.2, 0.25) is 0 Å². The maximum absolute atomic E-state index is 5.53. The quantitative estimate of drug-likeness (QED) is 0.859. The summed E-state index contributed by atoms with van der Waals surface area (Å²) in [6.07, 6.45) is 2.63. The summed E-state index contributed by atoms with van der Waals surface area (Å²) in [7, 11) is 0. The van der Waals surface area contributed by atoms with Crippen molar-refractivity contribution in [1.82, 2.24) is 9.97 Å². The zero-order valence-electron chi connectivity index (χ0n) is 8.60. The lowest BCUT2D eigenvalue weighted by molar-refractivity contribution is 0.926. The third-order valence-corrected chi connectivity index (χ3v) is 3.19. The minimum atomic E-state index is 0.645. The Bertz CT molecular complexity index is 436. The lowest BCUT2D eigenvalue weighted by Crippen LogP contribution is -2.03. The van der Waals surface area contributed by atoms with Gasteiger partial charge < -0.3 is 5.73 Å². The standard InChI is InChI=1S/C11H13N3S/c1-8-9(5-6-12)14-11(15-8)10-4-2-3-7-13-10/h2-4,7H,5-6,12H2,1H3. The van der Waals surface area contributed by atoms with Crippen LogP contribution in [0.2, 0.25) is 0 Å². The molecule has 0 amide bonds. The van der Waals surface area contributed by atoms with Crippen LogP contribution in [-0.4, -0.2) is 16.5 Å². The Morgan fingerprint density at radius 1 is 1.40 bits per heavy atom. The van der Waals surface area contributed by atoms with Crippen molar-refractivity contribution in [3.8, 4) is 10.7 Å². The molecule has 2 aromatic heterocycles. The SMILES string of the molecule is Cc1sc(-c2ccccn2)nc1CCN. The van der Waals surface area contributed by atoms with Gasteiger partial charge in [-0.1, -0.05) is 6.07 Å². The first-order chi connectivity index (χ1) is 7.31. The first kappa shape index (κ1) is 10.3. The van der Waals surface area contributed by atoms with Gasteiger partial charge in [0.15, 0.2) is 0 Å². The van der Waals surface area contributed by atoms with Crippen molar-refractivity contribution in [3.63, 3.8) is 0 Å². The number of pyridine rings is 1. The lowest BCUT2D eigenvalue weighted by atomic mass is 10.3. The topological polar surface area (TPSA) is 51.8 Å².